The Morgan fingerprint density at radius 1 is 0.733 bits per heavy atom. The first-order chi connectivity index (χ1) is 14.6. The summed E-state index contributed by atoms with van der Waals surface area (Å²) in [5, 5.41) is 8.78. The van der Waals surface area contributed by atoms with Crippen LogP contribution in [0.15, 0.2) is 0 Å². The Morgan fingerprint density at radius 2 is 1.17 bits per heavy atom. The highest BCUT2D eigenvalue weighted by Crippen LogP contribution is 2.13. The van der Waals surface area contributed by atoms with Crippen LogP contribution in [0.3, 0.4) is 0 Å². The van der Waals surface area contributed by atoms with Gasteiger partial charge in [-0.2, -0.15) is 0 Å². The average molecular weight is 451 g/mol. The second kappa shape index (κ2) is 22.0. The molecule has 0 aromatic carbocycles. The number of hydrogen-bond acceptors (Lipinski definition) is 5. The SMILES string of the molecule is CCCCCCCCCCCCCCCCCCOCC(CS(=O)(=O)CCO)OC. The lowest BCUT2D eigenvalue weighted by molar-refractivity contribution is 0.0190. The smallest absolute Gasteiger partial charge is 0.155 e. The highest BCUT2D eigenvalue weighted by atomic mass is 32.2. The molecule has 0 rings (SSSR count). The van der Waals surface area contributed by atoms with E-state index in [0.717, 1.165) is 6.42 Å². The van der Waals surface area contributed by atoms with Crippen molar-refractivity contribution in [2.24, 2.45) is 0 Å². The third-order valence-electron chi connectivity index (χ3n) is 5.62. The predicted molar refractivity (Wildman–Crippen MR) is 127 cm³/mol. The lowest BCUT2D eigenvalue weighted by Crippen LogP contribution is -2.30. The Balaban J connectivity index is 3.32. The maximum absolute atomic E-state index is 11.7. The highest BCUT2D eigenvalue weighted by Gasteiger charge is 2.18. The molecule has 0 bridgehead atoms. The minimum absolute atomic E-state index is 0.0942. The molecule has 30 heavy (non-hydrogen) atoms. The molecule has 0 radical (unpaired) electrons. The lowest BCUT2D eigenvalue weighted by Gasteiger charge is -2.15. The summed E-state index contributed by atoms with van der Waals surface area (Å²) in [7, 11) is -1.77. The first-order valence-corrected chi connectivity index (χ1v) is 14.3. The van der Waals surface area contributed by atoms with Crippen molar-refractivity contribution in [3.05, 3.63) is 0 Å². The van der Waals surface area contributed by atoms with E-state index in [1.54, 1.807) is 0 Å². The van der Waals surface area contributed by atoms with E-state index in [-0.39, 0.29) is 18.1 Å². The van der Waals surface area contributed by atoms with Gasteiger partial charge in [-0.3, -0.25) is 0 Å². The molecule has 1 N–H and O–H groups in total. The standard InChI is InChI=1S/C24H50O5S/c1-3-4-5-6-7-8-9-10-11-12-13-14-15-16-17-18-20-29-22-24(28-2)23-30(26,27)21-19-25/h24-25H,3-23H2,1-2H3. The fraction of sp³-hybridized carbons (Fsp3) is 1.00. The molecule has 6 heteroatoms. The minimum atomic E-state index is -3.27. The quantitative estimate of drug-likeness (QED) is 0.191. The van der Waals surface area contributed by atoms with Crippen LogP contribution in [0, 0.1) is 0 Å². The lowest BCUT2D eigenvalue weighted by atomic mass is 10.0. The molecule has 0 aliphatic heterocycles. The third-order valence-corrected chi connectivity index (χ3v) is 7.31. The molecule has 0 aliphatic carbocycles. The Bertz CT molecular complexity index is 439. The molecular weight excluding hydrogens is 400 g/mol. The van der Waals surface area contributed by atoms with Gasteiger partial charge in [-0.25, -0.2) is 8.42 Å². The summed E-state index contributed by atoms with van der Waals surface area (Å²) in [6.45, 7) is 2.87. The molecule has 0 aromatic rings. The van der Waals surface area contributed by atoms with Crippen LogP contribution in [0.5, 0.6) is 0 Å². The monoisotopic (exact) mass is 450 g/mol. The van der Waals surface area contributed by atoms with Gasteiger partial charge in [0.15, 0.2) is 9.84 Å². The topological polar surface area (TPSA) is 72.8 Å². The second-order valence-corrected chi connectivity index (χ2v) is 10.8. The van der Waals surface area contributed by atoms with Gasteiger partial charge < -0.3 is 14.6 Å². The molecule has 0 aliphatic rings. The van der Waals surface area contributed by atoms with Crippen LogP contribution < -0.4 is 0 Å². The van der Waals surface area contributed by atoms with E-state index in [0.29, 0.717) is 13.2 Å². The van der Waals surface area contributed by atoms with Crippen molar-refractivity contribution in [1.82, 2.24) is 0 Å². The summed E-state index contributed by atoms with van der Waals surface area (Å²) in [6.07, 6.45) is 21.0. The van der Waals surface area contributed by atoms with Crippen LogP contribution >= 0.6 is 0 Å². The van der Waals surface area contributed by atoms with Crippen LogP contribution in [-0.4, -0.2) is 58.1 Å². The maximum Gasteiger partial charge on any atom is 0.155 e. The van der Waals surface area contributed by atoms with E-state index in [2.05, 4.69) is 6.92 Å². The number of sulfone groups is 1. The number of aliphatic hydroxyl groups is 1. The van der Waals surface area contributed by atoms with Gasteiger partial charge >= 0.3 is 0 Å². The Morgan fingerprint density at radius 3 is 1.57 bits per heavy atom. The van der Waals surface area contributed by atoms with Crippen LogP contribution in [0.4, 0.5) is 0 Å². The van der Waals surface area contributed by atoms with Crippen LogP contribution in [-0.2, 0) is 19.3 Å². The Labute approximate surface area is 187 Å². The summed E-state index contributed by atoms with van der Waals surface area (Å²) in [4.78, 5) is 0. The van der Waals surface area contributed by atoms with E-state index in [4.69, 9.17) is 14.6 Å². The number of aliphatic hydroxyl groups excluding tert-OH is 1. The average Bonchev–Trinajstić information content (AvgIpc) is 2.71. The van der Waals surface area contributed by atoms with Gasteiger partial charge in [0.1, 0.15) is 0 Å². The first kappa shape index (κ1) is 29.8. The largest absolute Gasteiger partial charge is 0.395 e. The van der Waals surface area contributed by atoms with E-state index in [1.165, 1.54) is 103 Å². The summed E-state index contributed by atoms with van der Waals surface area (Å²) in [5.41, 5.74) is 0. The van der Waals surface area contributed by atoms with Gasteiger partial charge in [0.25, 0.3) is 0 Å². The molecule has 0 heterocycles. The molecule has 0 saturated heterocycles. The van der Waals surface area contributed by atoms with Crippen LogP contribution in [0.25, 0.3) is 0 Å². The molecule has 1 unspecified atom stereocenters. The number of hydrogen-bond donors (Lipinski definition) is 1. The number of rotatable bonds is 24. The second-order valence-electron chi connectivity index (χ2n) is 8.57. The van der Waals surface area contributed by atoms with Gasteiger partial charge in [-0.05, 0) is 6.42 Å². The predicted octanol–water partition coefficient (Wildman–Crippen LogP) is 5.69. The fourth-order valence-corrected chi connectivity index (χ4v) is 4.90. The molecule has 0 saturated carbocycles. The van der Waals surface area contributed by atoms with Crippen molar-refractivity contribution in [1.29, 1.82) is 0 Å². The van der Waals surface area contributed by atoms with Crippen molar-refractivity contribution in [3.8, 4) is 0 Å². The zero-order chi connectivity index (χ0) is 22.3. The van der Waals surface area contributed by atoms with Crippen molar-refractivity contribution >= 4 is 9.84 Å². The summed E-state index contributed by atoms with van der Waals surface area (Å²) < 4.78 is 34.2. The van der Waals surface area contributed by atoms with Crippen LogP contribution in [0.2, 0.25) is 0 Å². The van der Waals surface area contributed by atoms with Gasteiger partial charge in [-0.15, -0.1) is 0 Å². The fourth-order valence-electron chi connectivity index (χ4n) is 3.66. The molecule has 5 nitrogen and oxygen atoms in total. The third kappa shape index (κ3) is 21.1. The normalized spacial score (nSPS) is 13.0. The highest BCUT2D eigenvalue weighted by molar-refractivity contribution is 7.91. The first-order valence-electron chi connectivity index (χ1n) is 12.5. The molecule has 0 spiro atoms. The minimum Gasteiger partial charge on any atom is -0.395 e. The molecule has 0 aromatic heterocycles. The van der Waals surface area contributed by atoms with Gasteiger partial charge in [0, 0.05) is 13.7 Å². The Kier molecular flexibility index (Phi) is 21.9. The Hall–Kier alpha value is -0.170. The molecule has 1 atom stereocenters. The number of ether oxygens (including phenoxy) is 2. The summed E-state index contributed by atoms with van der Waals surface area (Å²) >= 11 is 0. The number of unbranched alkanes of at least 4 members (excludes halogenated alkanes) is 15. The van der Waals surface area contributed by atoms with E-state index in [1.807, 2.05) is 0 Å². The van der Waals surface area contributed by atoms with E-state index >= 15 is 0 Å². The number of methoxy groups -OCH3 is 1. The van der Waals surface area contributed by atoms with Crippen molar-refractivity contribution in [2.45, 2.75) is 116 Å². The van der Waals surface area contributed by atoms with Gasteiger partial charge in [0.2, 0.25) is 0 Å². The zero-order valence-electron chi connectivity index (χ0n) is 19.9. The van der Waals surface area contributed by atoms with Crippen molar-refractivity contribution < 1.29 is 23.0 Å². The maximum atomic E-state index is 11.7. The summed E-state index contributed by atoms with van der Waals surface area (Å²) in [6, 6.07) is 0. The molecule has 0 fully saturated rings. The van der Waals surface area contributed by atoms with Gasteiger partial charge in [-0.1, -0.05) is 103 Å². The molecular formula is C24H50O5S. The zero-order valence-corrected chi connectivity index (χ0v) is 20.7. The van der Waals surface area contributed by atoms with Crippen molar-refractivity contribution in [3.63, 3.8) is 0 Å². The summed E-state index contributed by atoms with van der Waals surface area (Å²) in [5.74, 6) is -0.311. The van der Waals surface area contributed by atoms with E-state index in [9.17, 15) is 8.42 Å². The van der Waals surface area contributed by atoms with Crippen molar-refractivity contribution in [2.75, 3.05) is 38.4 Å². The molecule has 182 valence electrons. The van der Waals surface area contributed by atoms with Crippen LogP contribution in [0.1, 0.15) is 110 Å². The van der Waals surface area contributed by atoms with Gasteiger partial charge in [0.05, 0.1) is 30.8 Å². The van der Waals surface area contributed by atoms with E-state index < -0.39 is 15.9 Å². The molecule has 0 amide bonds.